The molecule has 0 spiro atoms. The van der Waals surface area contributed by atoms with E-state index in [-0.39, 0.29) is 12.1 Å². The molecule has 0 saturated carbocycles. The molecule has 1 aromatic heterocycles. The van der Waals surface area contributed by atoms with Gasteiger partial charge in [-0.3, -0.25) is 4.68 Å². The molecule has 2 unspecified atom stereocenters. The van der Waals surface area contributed by atoms with Gasteiger partial charge in [-0.25, -0.2) is 0 Å². The summed E-state index contributed by atoms with van der Waals surface area (Å²) in [6, 6.07) is 5.79. The number of halogens is 1. The zero-order valence-corrected chi connectivity index (χ0v) is 12.9. The Morgan fingerprint density at radius 3 is 2.68 bits per heavy atom. The minimum absolute atomic E-state index is 0.117. The second-order valence-corrected chi connectivity index (χ2v) is 5.61. The molecule has 19 heavy (non-hydrogen) atoms. The summed E-state index contributed by atoms with van der Waals surface area (Å²) in [6.45, 7) is 3.96. The number of rotatable bonds is 4. The first-order valence-electron chi connectivity index (χ1n) is 6.14. The smallest absolute Gasteiger partial charge is 0.141 e. The fourth-order valence-corrected chi connectivity index (χ4v) is 2.15. The van der Waals surface area contributed by atoms with Gasteiger partial charge in [0.15, 0.2) is 0 Å². The average molecular weight is 324 g/mol. The Morgan fingerprint density at radius 2 is 2.16 bits per heavy atom. The van der Waals surface area contributed by atoms with Crippen molar-refractivity contribution >= 4 is 15.9 Å². The summed E-state index contributed by atoms with van der Waals surface area (Å²) in [5.74, 6) is 0.812. The van der Waals surface area contributed by atoms with Crippen molar-refractivity contribution in [1.82, 2.24) is 9.78 Å². The molecule has 5 heteroatoms. The summed E-state index contributed by atoms with van der Waals surface area (Å²) in [4.78, 5) is 0. The van der Waals surface area contributed by atoms with Crippen LogP contribution in [-0.2, 0) is 7.05 Å². The molecule has 0 amide bonds. The molecule has 1 heterocycles. The lowest BCUT2D eigenvalue weighted by molar-refractivity contribution is 0.180. The van der Waals surface area contributed by atoms with E-state index >= 15 is 0 Å². The largest absolute Gasteiger partial charge is 0.484 e. The summed E-state index contributed by atoms with van der Waals surface area (Å²) in [5, 5.41) is 4.17. The first-order valence-corrected chi connectivity index (χ1v) is 6.93. The van der Waals surface area contributed by atoms with Gasteiger partial charge in [-0.1, -0.05) is 15.9 Å². The summed E-state index contributed by atoms with van der Waals surface area (Å²) < 4.78 is 8.83. The molecule has 102 valence electrons. The van der Waals surface area contributed by atoms with Crippen molar-refractivity contribution in [3.05, 3.63) is 46.2 Å². The van der Waals surface area contributed by atoms with Crippen LogP contribution in [-0.4, -0.2) is 15.8 Å². The second kappa shape index (κ2) is 5.75. The first-order chi connectivity index (χ1) is 8.97. The molecule has 2 N–H and O–H groups in total. The van der Waals surface area contributed by atoms with Gasteiger partial charge in [0.2, 0.25) is 0 Å². The maximum absolute atomic E-state index is 6.02. The van der Waals surface area contributed by atoms with Gasteiger partial charge in [0.05, 0.1) is 6.20 Å². The van der Waals surface area contributed by atoms with Crippen molar-refractivity contribution < 1.29 is 4.74 Å². The number of hydrogen-bond acceptors (Lipinski definition) is 3. The van der Waals surface area contributed by atoms with Gasteiger partial charge in [-0.2, -0.15) is 5.10 Å². The Labute approximate surface area is 121 Å². The van der Waals surface area contributed by atoms with Crippen molar-refractivity contribution in [2.24, 2.45) is 12.8 Å². The molecule has 0 saturated heterocycles. The number of ether oxygens (including phenoxy) is 1. The second-order valence-electron chi connectivity index (χ2n) is 4.76. The molecule has 0 aliphatic carbocycles. The van der Waals surface area contributed by atoms with Crippen LogP contribution in [0.5, 0.6) is 5.75 Å². The van der Waals surface area contributed by atoms with E-state index in [1.54, 1.807) is 10.9 Å². The lowest BCUT2D eigenvalue weighted by Gasteiger charge is -2.21. The van der Waals surface area contributed by atoms with Crippen LogP contribution in [0.4, 0.5) is 0 Å². The highest BCUT2D eigenvalue weighted by Gasteiger charge is 2.20. The van der Waals surface area contributed by atoms with Gasteiger partial charge in [0.1, 0.15) is 11.9 Å². The molecule has 4 nitrogen and oxygen atoms in total. The molecule has 2 atom stereocenters. The highest BCUT2D eigenvalue weighted by Crippen LogP contribution is 2.27. The van der Waals surface area contributed by atoms with Crippen molar-refractivity contribution in [3.8, 4) is 5.75 Å². The summed E-state index contributed by atoms with van der Waals surface area (Å²) in [5.41, 5.74) is 8.14. The molecule has 2 rings (SSSR count). The van der Waals surface area contributed by atoms with E-state index < -0.39 is 0 Å². The third-order valence-corrected chi connectivity index (χ3v) is 3.81. The molecule has 0 radical (unpaired) electrons. The summed E-state index contributed by atoms with van der Waals surface area (Å²) >= 11 is 3.48. The quantitative estimate of drug-likeness (QED) is 0.941. The Kier molecular flexibility index (Phi) is 4.27. The molecule has 0 bridgehead atoms. The standard InChI is InChI=1S/C14H18BrN3O/c1-9-6-12(4-5-13(9)15)19-14(10(2)16)11-7-17-18(3)8-11/h4-8,10,14H,16H2,1-3H3. The van der Waals surface area contributed by atoms with Crippen molar-refractivity contribution in [1.29, 1.82) is 0 Å². The predicted octanol–water partition coefficient (Wildman–Crippen LogP) is 2.96. The Morgan fingerprint density at radius 1 is 1.42 bits per heavy atom. The monoisotopic (exact) mass is 323 g/mol. The van der Waals surface area contributed by atoms with Gasteiger partial charge < -0.3 is 10.5 Å². The number of nitrogens with two attached hydrogens (primary N) is 1. The van der Waals surface area contributed by atoms with E-state index in [1.807, 2.05) is 45.3 Å². The average Bonchev–Trinajstić information content (AvgIpc) is 2.76. The molecule has 0 aliphatic heterocycles. The van der Waals surface area contributed by atoms with E-state index in [0.29, 0.717) is 0 Å². The number of aromatic nitrogens is 2. The number of nitrogens with zero attached hydrogens (tertiary/aromatic N) is 2. The van der Waals surface area contributed by atoms with Gasteiger partial charge in [-0.15, -0.1) is 0 Å². The maximum Gasteiger partial charge on any atom is 0.141 e. The molecule has 0 fully saturated rings. The third-order valence-electron chi connectivity index (χ3n) is 2.92. The lowest BCUT2D eigenvalue weighted by atomic mass is 10.1. The van der Waals surface area contributed by atoms with E-state index in [4.69, 9.17) is 10.5 Å². The van der Waals surface area contributed by atoms with E-state index in [2.05, 4.69) is 21.0 Å². The summed E-state index contributed by atoms with van der Waals surface area (Å²) in [7, 11) is 1.88. The highest BCUT2D eigenvalue weighted by atomic mass is 79.9. The highest BCUT2D eigenvalue weighted by molar-refractivity contribution is 9.10. The van der Waals surface area contributed by atoms with Crippen LogP contribution in [0, 0.1) is 6.92 Å². The van der Waals surface area contributed by atoms with Crippen LogP contribution in [0.2, 0.25) is 0 Å². The topological polar surface area (TPSA) is 53.1 Å². The number of benzene rings is 1. The normalized spacial score (nSPS) is 14.2. The zero-order valence-electron chi connectivity index (χ0n) is 11.3. The van der Waals surface area contributed by atoms with Crippen molar-refractivity contribution in [3.63, 3.8) is 0 Å². The fraction of sp³-hybridized carbons (Fsp3) is 0.357. The van der Waals surface area contributed by atoms with Crippen LogP contribution in [0.1, 0.15) is 24.2 Å². The minimum Gasteiger partial charge on any atom is -0.484 e. The first kappa shape index (κ1) is 14.1. The van der Waals surface area contributed by atoms with Gasteiger partial charge in [0, 0.05) is 29.3 Å². The molecule has 0 aliphatic rings. The van der Waals surface area contributed by atoms with Gasteiger partial charge in [0.25, 0.3) is 0 Å². The Balaban J connectivity index is 2.23. The number of hydrogen-bond donors (Lipinski definition) is 1. The van der Waals surface area contributed by atoms with Crippen molar-refractivity contribution in [2.75, 3.05) is 0 Å². The van der Waals surface area contributed by atoms with Crippen LogP contribution in [0.25, 0.3) is 0 Å². The van der Waals surface area contributed by atoms with Crippen LogP contribution in [0.3, 0.4) is 0 Å². The lowest BCUT2D eigenvalue weighted by Crippen LogP contribution is -2.28. The SMILES string of the molecule is Cc1cc(OC(c2cnn(C)c2)C(C)N)ccc1Br. The predicted molar refractivity (Wildman–Crippen MR) is 79.1 cm³/mol. The van der Waals surface area contributed by atoms with E-state index in [9.17, 15) is 0 Å². The molecular formula is C14H18BrN3O. The molecule has 1 aromatic carbocycles. The maximum atomic E-state index is 6.02. The molecule has 2 aromatic rings. The molecular weight excluding hydrogens is 306 g/mol. The van der Waals surface area contributed by atoms with Crippen molar-refractivity contribution in [2.45, 2.75) is 26.0 Å². The third kappa shape index (κ3) is 3.36. The zero-order chi connectivity index (χ0) is 14.0. The van der Waals surface area contributed by atoms with Crippen LogP contribution >= 0.6 is 15.9 Å². The Bertz CT molecular complexity index is 566. The van der Waals surface area contributed by atoms with E-state index in [1.165, 1.54) is 0 Å². The van der Waals surface area contributed by atoms with Gasteiger partial charge in [-0.05, 0) is 37.6 Å². The minimum atomic E-state index is -0.200. The fourth-order valence-electron chi connectivity index (χ4n) is 1.90. The van der Waals surface area contributed by atoms with E-state index in [0.717, 1.165) is 21.3 Å². The van der Waals surface area contributed by atoms with Gasteiger partial charge >= 0.3 is 0 Å². The number of aryl methyl sites for hydroxylation is 2. The van der Waals surface area contributed by atoms with Crippen LogP contribution in [0.15, 0.2) is 35.1 Å². The Hall–Kier alpha value is -1.33. The van der Waals surface area contributed by atoms with Crippen LogP contribution < -0.4 is 10.5 Å². The summed E-state index contributed by atoms with van der Waals surface area (Å²) in [6.07, 6.45) is 3.52.